The molecule has 0 saturated carbocycles. The van der Waals surface area contributed by atoms with Gasteiger partial charge in [0, 0.05) is 17.1 Å². The third-order valence-electron chi connectivity index (χ3n) is 6.07. The van der Waals surface area contributed by atoms with Crippen LogP contribution < -0.4 is 15.4 Å². The van der Waals surface area contributed by atoms with Crippen LogP contribution in [0.1, 0.15) is 37.4 Å². The average molecular weight is 530 g/mol. The fraction of sp³-hybridized carbons (Fsp3) is 0.207. The fourth-order valence-corrected chi connectivity index (χ4v) is 5.08. The minimum Gasteiger partial charge on any atom is -0.494 e. The van der Waals surface area contributed by atoms with Crippen LogP contribution in [0.3, 0.4) is 0 Å². The first-order valence-corrected chi connectivity index (χ1v) is 13.4. The summed E-state index contributed by atoms with van der Waals surface area (Å²) >= 11 is 1.34. The van der Waals surface area contributed by atoms with Crippen molar-refractivity contribution in [3.63, 3.8) is 0 Å². The minimum atomic E-state index is -0.546. The maximum atomic E-state index is 14.2. The molecule has 3 aromatic carbocycles. The summed E-state index contributed by atoms with van der Waals surface area (Å²) in [6.07, 6.45) is 0.886. The van der Waals surface area contributed by atoms with Gasteiger partial charge in [0.2, 0.25) is 11.1 Å². The maximum absolute atomic E-state index is 14.2. The lowest BCUT2D eigenvalue weighted by Gasteiger charge is -2.29. The van der Waals surface area contributed by atoms with E-state index in [4.69, 9.17) is 9.84 Å². The predicted octanol–water partition coefficient (Wildman–Crippen LogP) is 6.43. The van der Waals surface area contributed by atoms with Crippen molar-refractivity contribution in [3.8, 4) is 5.75 Å². The molecule has 0 spiro atoms. The molecule has 0 bridgehead atoms. The summed E-state index contributed by atoms with van der Waals surface area (Å²) in [5.74, 6) is 1.11. The summed E-state index contributed by atoms with van der Waals surface area (Å²) < 4.78 is 21.8. The highest BCUT2D eigenvalue weighted by molar-refractivity contribution is 7.98. The first kappa shape index (κ1) is 25.5. The predicted molar refractivity (Wildman–Crippen MR) is 148 cm³/mol. The first-order chi connectivity index (χ1) is 18.5. The molecule has 1 aromatic heterocycles. The molecule has 0 radical (unpaired) electrons. The SMILES string of the molecule is CCCOc1cccc(C2C(C(=O)Nc3ccccc3)=C(C)Nc3nc(SCc4ccccc4F)nn32)c1. The number of carbonyl (C=O) groups is 1. The van der Waals surface area contributed by atoms with Gasteiger partial charge in [-0.15, -0.1) is 5.10 Å². The lowest BCUT2D eigenvalue weighted by Crippen LogP contribution is -2.31. The number of nitrogens with one attached hydrogen (secondary N) is 2. The molecule has 1 unspecified atom stereocenters. The van der Waals surface area contributed by atoms with E-state index in [-0.39, 0.29) is 11.7 Å². The molecule has 4 aromatic rings. The van der Waals surface area contributed by atoms with Gasteiger partial charge in [0.25, 0.3) is 5.91 Å². The second kappa shape index (κ2) is 11.5. The van der Waals surface area contributed by atoms with E-state index >= 15 is 0 Å². The van der Waals surface area contributed by atoms with Gasteiger partial charge in [-0.05, 0) is 54.8 Å². The van der Waals surface area contributed by atoms with Crippen LogP contribution in [0, 0.1) is 5.82 Å². The molecule has 0 fully saturated rings. The highest BCUT2D eigenvalue weighted by Crippen LogP contribution is 2.38. The van der Waals surface area contributed by atoms with Gasteiger partial charge in [-0.3, -0.25) is 4.79 Å². The standard InChI is InChI=1S/C29H28FN5O2S/c1-3-16-37-23-14-9-11-20(17-23)26-25(27(36)32-22-12-5-4-6-13-22)19(2)31-28-33-29(34-35(26)28)38-18-21-10-7-8-15-24(21)30/h4-15,17,26H,3,16,18H2,1-2H3,(H,32,36)(H,31,33,34). The number of para-hydroxylation sites is 1. The quantitative estimate of drug-likeness (QED) is 0.243. The zero-order valence-electron chi connectivity index (χ0n) is 21.1. The highest BCUT2D eigenvalue weighted by atomic mass is 32.2. The molecule has 38 heavy (non-hydrogen) atoms. The van der Waals surface area contributed by atoms with Gasteiger partial charge in [0.15, 0.2) is 0 Å². The van der Waals surface area contributed by atoms with E-state index in [1.165, 1.54) is 17.8 Å². The summed E-state index contributed by atoms with van der Waals surface area (Å²) in [5, 5.41) is 11.5. The number of halogens is 1. The van der Waals surface area contributed by atoms with Crippen molar-refractivity contribution in [1.82, 2.24) is 14.8 Å². The number of amides is 1. The van der Waals surface area contributed by atoms with Crippen LogP contribution in [0.15, 0.2) is 95.3 Å². The number of rotatable bonds is 9. The smallest absolute Gasteiger partial charge is 0.255 e. The Hall–Kier alpha value is -4.11. The number of aromatic nitrogens is 3. The molecule has 5 rings (SSSR count). The third-order valence-corrected chi connectivity index (χ3v) is 6.96. The monoisotopic (exact) mass is 529 g/mol. The Morgan fingerprint density at radius 3 is 2.68 bits per heavy atom. The molecule has 0 saturated heterocycles. The zero-order valence-corrected chi connectivity index (χ0v) is 22.0. The fourth-order valence-electron chi connectivity index (χ4n) is 4.27. The number of nitrogens with zero attached hydrogens (tertiary/aromatic N) is 3. The van der Waals surface area contributed by atoms with E-state index in [0.29, 0.717) is 46.0 Å². The first-order valence-electron chi connectivity index (χ1n) is 12.4. The Kier molecular flexibility index (Phi) is 7.74. The van der Waals surface area contributed by atoms with E-state index in [2.05, 4.69) is 22.5 Å². The Morgan fingerprint density at radius 1 is 1.11 bits per heavy atom. The average Bonchev–Trinajstić information content (AvgIpc) is 3.33. The van der Waals surface area contributed by atoms with Crippen LogP contribution >= 0.6 is 11.8 Å². The number of allylic oxidation sites excluding steroid dienone is 1. The number of hydrogen-bond acceptors (Lipinski definition) is 6. The van der Waals surface area contributed by atoms with Crippen LogP contribution in [0.25, 0.3) is 0 Å². The van der Waals surface area contributed by atoms with Gasteiger partial charge in [-0.1, -0.05) is 67.2 Å². The molecule has 2 heterocycles. The molecule has 9 heteroatoms. The topological polar surface area (TPSA) is 81.1 Å². The van der Waals surface area contributed by atoms with Crippen molar-refractivity contribution >= 4 is 29.3 Å². The molecule has 194 valence electrons. The number of hydrogen-bond donors (Lipinski definition) is 2. The molecule has 1 amide bonds. The van der Waals surface area contributed by atoms with Crippen LogP contribution in [-0.4, -0.2) is 27.3 Å². The minimum absolute atomic E-state index is 0.243. The summed E-state index contributed by atoms with van der Waals surface area (Å²) in [4.78, 5) is 18.3. The lowest BCUT2D eigenvalue weighted by atomic mass is 9.95. The molecule has 2 N–H and O–H groups in total. The molecular weight excluding hydrogens is 501 g/mol. The van der Waals surface area contributed by atoms with Gasteiger partial charge in [-0.2, -0.15) is 4.98 Å². The van der Waals surface area contributed by atoms with E-state index in [1.54, 1.807) is 22.9 Å². The van der Waals surface area contributed by atoms with Gasteiger partial charge in [0.05, 0.1) is 12.2 Å². The van der Waals surface area contributed by atoms with Gasteiger partial charge < -0.3 is 15.4 Å². The van der Waals surface area contributed by atoms with Crippen LogP contribution in [0.4, 0.5) is 16.0 Å². The lowest BCUT2D eigenvalue weighted by molar-refractivity contribution is -0.113. The number of fused-ring (bicyclic) bond motifs is 1. The largest absolute Gasteiger partial charge is 0.494 e. The van der Waals surface area contributed by atoms with Crippen molar-refractivity contribution in [1.29, 1.82) is 0 Å². The van der Waals surface area contributed by atoms with Crippen molar-refractivity contribution in [2.45, 2.75) is 37.2 Å². The van der Waals surface area contributed by atoms with E-state index in [9.17, 15) is 9.18 Å². The Balaban J connectivity index is 1.50. The summed E-state index contributed by atoms with van der Waals surface area (Å²) in [5.41, 5.74) is 3.31. The molecule has 7 nitrogen and oxygen atoms in total. The number of carbonyl (C=O) groups excluding carboxylic acids is 1. The van der Waals surface area contributed by atoms with Crippen molar-refractivity contribution in [2.24, 2.45) is 0 Å². The van der Waals surface area contributed by atoms with E-state index in [1.807, 2.05) is 61.5 Å². The van der Waals surface area contributed by atoms with Gasteiger partial charge in [-0.25, -0.2) is 9.07 Å². The van der Waals surface area contributed by atoms with Crippen LogP contribution in [0.2, 0.25) is 0 Å². The Bertz CT molecular complexity index is 1470. The number of anilines is 2. The normalized spacial score (nSPS) is 14.6. The Labute approximate surface area is 225 Å². The van der Waals surface area contributed by atoms with Crippen LogP contribution in [0.5, 0.6) is 5.75 Å². The number of benzene rings is 3. The molecule has 1 aliphatic rings. The zero-order chi connectivity index (χ0) is 26.5. The number of ether oxygens (including phenoxy) is 1. The second-order valence-electron chi connectivity index (χ2n) is 8.85. The Morgan fingerprint density at radius 2 is 1.89 bits per heavy atom. The highest BCUT2D eigenvalue weighted by Gasteiger charge is 2.34. The maximum Gasteiger partial charge on any atom is 0.255 e. The summed E-state index contributed by atoms with van der Waals surface area (Å²) in [7, 11) is 0. The molecular formula is C29H28FN5O2S. The number of thioether (sulfide) groups is 1. The van der Waals surface area contributed by atoms with Crippen molar-refractivity contribution in [3.05, 3.63) is 107 Å². The summed E-state index contributed by atoms with van der Waals surface area (Å²) in [6.45, 7) is 4.50. The molecule has 1 atom stereocenters. The van der Waals surface area contributed by atoms with Crippen molar-refractivity contribution in [2.75, 3.05) is 17.2 Å². The van der Waals surface area contributed by atoms with Gasteiger partial charge in [0.1, 0.15) is 17.6 Å². The van der Waals surface area contributed by atoms with E-state index in [0.717, 1.165) is 17.7 Å². The summed E-state index contributed by atoms with van der Waals surface area (Å²) in [6, 6.07) is 23.2. The second-order valence-corrected chi connectivity index (χ2v) is 9.79. The van der Waals surface area contributed by atoms with Crippen molar-refractivity contribution < 1.29 is 13.9 Å². The molecule has 0 aliphatic carbocycles. The van der Waals surface area contributed by atoms with Gasteiger partial charge >= 0.3 is 0 Å². The third kappa shape index (κ3) is 5.57. The van der Waals surface area contributed by atoms with E-state index < -0.39 is 6.04 Å². The van der Waals surface area contributed by atoms with Crippen LogP contribution in [-0.2, 0) is 10.5 Å². The molecule has 1 aliphatic heterocycles.